The molecule has 2 unspecified atom stereocenters. The van der Waals surface area contributed by atoms with E-state index < -0.39 is 11.9 Å². The number of ether oxygens (including phenoxy) is 1. The summed E-state index contributed by atoms with van der Waals surface area (Å²) < 4.78 is 5.40. The van der Waals surface area contributed by atoms with E-state index in [4.69, 9.17) is 9.84 Å². The van der Waals surface area contributed by atoms with Crippen LogP contribution < -0.4 is 10.6 Å². The Morgan fingerprint density at radius 1 is 1.30 bits per heavy atom. The third-order valence-electron chi connectivity index (χ3n) is 3.46. The Morgan fingerprint density at radius 2 is 2.05 bits per heavy atom. The molecule has 1 saturated carbocycles. The quantitative estimate of drug-likeness (QED) is 0.593. The summed E-state index contributed by atoms with van der Waals surface area (Å²) in [5, 5.41) is 14.5. The molecule has 0 spiro atoms. The fourth-order valence-electron chi connectivity index (χ4n) is 2.40. The summed E-state index contributed by atoms with van der Waals surface area (Å²) in [6.07, 6.45) is 4.24. The average Bonchev–Trinajstić information content (AvgIpc) is 2.81. The largest absolute Gasteiger partial charge is 0.481 e. The predicted octanol–water partition coefficient (Wildman–Crippen LogP) is 1.74. The van der Waals surface area contributed by atoms with Crippen molar-refractivity contribution in [1.82, 2.24) is 10.6 Å². The van der Waals surface area contributed by atoms with Gasteiger partial charge in [-0.1, -0.05) is 6.42 Å². The Labute approximate surface area is 120 Å². The molecule has 3 N–H and O–H groups in total. The molecule has 1 rings (SSSR count). The standard InChI is InChI=1S/C14H26N2O4/c1-10(2)20-9-4-3-8-15-14(19)16-12-7-5-6-11(12)13(17)18/h10-12H,3-9H2,1-2H3,(H,17,18)(H2,15,16,19). The van der Waals surface area contributed by atoms with Crippen molar-refractivity contribution in [1.29, 1.82) is 0 Å². The minimum Gasteiger partial charge on any atom is -0.481 e. The van der Waals surface area contributed by atoms with E-state index in [1.807, 2.05) is 13.8 Å². The van der Waals surface area contributed by atoms with Crippen molar-refractivity contribution >= 4 is 12.0 Å². The van der Waals surface area contributed by atoms with Gasteiger partial charge in [0.15, 0.2) is 0 Å². The summed E-state index contributed by atoms with van der Waals surface area (Å²) in [5.41, 5.74) is 0. The number of urea groups is 1. The van der Waals surface area contributed by atoms with Gasteiger partial charge in [-0.15, -0.1) is 0 Å². The Morgan fingerprint density at radius 3 is 2.70 bits per heavy atom. The molecule has 0 aromatic heterocycles. The van der Waals surface area contributed by atoms with E-state index in [2.05, 4.69) is 10.6 Å². The van der Waals surface area contributed by atoms with E-state index in [0.717, 1.165) is 25.7 Å². The number of carboxylic acid groups (broad SMARTS) is 1. The van der Waals surface area contributed by atoms with Crippen molar-refractivity contribution in [3.8, 4) is 0 Å². The summed E-state index contributed by atoms with van der Waals surface area (Å²) in [4.78, 5) is 22.7. The number of carbonyl (C=O) groups is 2. The van der Waals surface area contributed by atoms with E-state index in [1.54, 1.807) is 0 Å². The summed E-state index contributed by atoms with van der Waals surface area (Å²) in [6.45, 7) is 5.26. The van der Waals surface area contributed by atoms with Crippen LogP contribution in [0.4, 0.5) is 4.79 Å². The molecule has 20 heavy (non-hydrogen) atoms. The van der Waals surface area contributed by atoms with E-state index >= 15 is 0 Å². The fourth-order valence-corrected chi connectivity index (χ4v) is 2.40. The molecule has 6 heteroatoms. The van der Waals surface area contributed by atoms with Crippen LogP contribution in [0, 0.1) is 5.92 Å². The SMILES string of the molecule is CC(C)OCCCCNC(=O)NC1CCCC1C(=O)O. The lowest BCUT2D eigenvalue weighted by atomic mass is 10.0. The number of nitrogens with one attached hydrogen (secondary N) is 2. The zero-order valence-electron chi connectivity index (χ0n) is 12.4. The van der Waals surface area contributed by atoms with Crippen LogP contribution in [-0.2, 0) is 9.53 Å². The molecule has 6 nitrogen and oxygen atoms in total. The van der Waals surface area contributed by atoms with E-state index in [0.29, 0.717) is 19.6 Å². The Bertz CT molecular complexity index is 320. The fraction of sp³-hybridized carbons (Fsp3) is 0.857. The van der Waals surface area contributed by atoms with Crippen LogP contribution in [0.2, 0.25) is 0 Å². The second-order valence-corrected chi connectivity index (χ2v) is 5.51. The van der Waals surface area contributed by atoms with Crippen LogP contribution in [-0.4, -0.2) is 42.4 Å². The summed E-state index contributed by atoms with van der Waals surface area (Å²) in [5.74, 6) is -1.26. The highest BCUT2D eigenvalue weighted by Gasteiger charge is 2.33. The molecule has 116 valence electrons. The van der Waals surface area contributed by atoms with Crippen LogP contribution in [0.3, 0.4) is 0 Å². The number of hydrogen-bond donors (Lipinski definition) is 3. The normalized spacial score (nSPS) is 21.9. The molecule has 1 aliphatic carbocycles. The second kappa shape index (κ2) is 8.79. The number of carboxylic acids is 1. The molecule has 2 atom stereocenters. The second-order valence-electron chi connectivity index (χ2n) is 5.51. The minimum atomic E-state index is -0.821. The van der Waals surface area contributed by atoms with Crippen LogP contribution in [0.1, 0.15) is 46.0 Å². The predicted molar refractivity (Wildman–Crippen MR) is 75.6 cm³/mol. The number of aliphatic carboxylic acids is 1. The van der Waals surface area contributed by atoms with Gasteiger partial charge in [-0.05, 0) is 39.5 Å². The first-order valence-corrected chi connectivity index (χ1v) is 7.39. The summed E-state index contributed by atoms with van der Waals surface area (Å²) in [6, 6.07) is -0.510. The van der Waals surface area contributed by atoms with Crippen molar-refractivity contribution in [2.24, 2.45) is 5.92 Å². The molecule has 0 radical (unpaired) electrons. The Hall–Kier alpha value is -1.30. The molecule has 0 heterocycles. The molecule has 0 aromatic carbocycles. The lowest BCUT2D eigenvalue weighted by molar-refractivity contribution is -0.142. The van der Waals surface area contributed by atoms with Crippen molar-refractivity contribution in [2.75, 3.05) is 13.2 Å². The number of carbonyl (C=O) groups excluding carboxylic acids is 1. The monoisotopic (exact) mass is 286 g/mol. The maximum absolute atomic E-state index is 11.7. The smallest absolute Gasteiger partial charge is 0.315 e. The van der Waals surface area contributed by atoms with E-state index in [9.17, 15) is 9.59 Å². The number of unbranched alkanes of at least 4 members (excludes halogenated alkanes) is 1. The highest BCUT2D eigenvalue weighted by molar-refractivity contribution is 5.76. The topological polar surface area (TPSA) is 87.7 Å². The number of hydrogen-bond acceptors (Lipinski definition) is 3. The lowest BCUT2D eigenvalue weighted by Crippen LogP contribution is -2.45. The van der Waals surface area contributed by atoms with Gasteiger partial charge in [0.05, 0.1) is 12.0 Å². The first-order chi connectivity index (χ1) is 9.50. The van der Waals surface area contributed by atoms with Gasteiger partial charge in [0.25, 0.3) is 0 Å². The first-order valence-electron chi connectivity index (χ1n) is 7.39. The summed E-state index contributed by atoms with van der Waals surface area (Å²) >= 11 is 0. The van der Waals surface area contributed by atoms with Gasteiger partial charge in [0, 0.05) is 19.2 Å². The molecule has 0 aromatic rings. The third kappa shape index (κ3) is 6.23. The first kappa shape index (κ1) is 16.8. The Kier molecular flexibility index (Phi) is 7.36. The average molecular weight is 286 g/mol. The van der Waals surface area contributed by atoms with Crippen LogP contribution in [0.25, 0.3) is 0 Å². The summed E-state index contributed by atoms with van der Waals surface area (Å²) in [7, 11) is 0. The van der Waals surface area contributed by atoms with Gasteiger partial charge >= 0.3 is 12.0 Å². The molecule has 1 fully saturated rings. The van der Waals surface area contributed by atoms with Gasteiger partial charge in [-0.2, -0.15) is 0 Å². The van der Waals surface area contributed by atoms with Crippen molar-refractivity contribution in [2.45, 2.75) is 58.1 Å². The maximum Gasteiger partial charge on any atom is 0.315 e. The van der Waals surface area contributed by atoms with Gasteiger partial charge in [0.1, 0.15) is 0 Å². The molecule has 1 aliphatic rings. The molecule has 0 aliphatic heterocycles. The zero-order valence-corrected chi connectivity index (χ0v) is 12.4. The highest BCUT2D eigenvalue weighted by atomic mass is 16.5. The molecule has 0 bridgehead atoms. The zero-order chi connectivity index (χ0) is 15.0. The van der Waals surface area contributed by atoms with E-state index in [1.165, 1.54) is 0 Å². The van der Waals surface area contributed by atoms with Crippen LogP contribution >= 0.6 is 0 Å². The highest BCUT2D eigenvalue weighted by Crippen LogP contribution is 2.25. The maximum atomic E-state index is 11.7. The van der Waals surface area contributed by atoms with Crippen LogP contribution in [0.15, 0.2) is 0 Å². The number of rotatable bonds is 8. The number of amides is 2. The molecule has 0 saturated heterocycles. The molecular weight excluding hydrogens is 260 g/mol. The van der Waals surface area contributed by atoms with Crippen molar-refractivity contribution < 1.29 is 19.4 Å². The third-order valence-corrected chi connectivity index (χ3v) is 3.46. The lowest BCUT2D eigenvalue weighted by Gasteiger charge is -2.18. The van der Waals surface area contributed by atoms with Crippen molar-refractivity contribution in [3.63, 3.8) is 0 Å². The molecular formula is C14H26N2O4. The van der Waals surface area contributed by atoms with E-state index in [-0.39, 0.29) is 18.2 Å². The molecule has 2 amide bonds. The van der Waals surface area contributed by atoms with Gasteiger partial charge < -0.3 is 20.5 Å². The minimum absolute atomic E-state index is 0.238. The van der Waals surface area contributed by atoms with Crippen LogP contribution in [0.5, 0.6) is 0 Å². The van der Waals surface area contributed by atoms with Gasteiger partial charge in [-0.3, -0.25) is 4.79 Å². The van der Waals surface area contributed by atoms with Gasteiger partial charge in [0.2, 0.25) is 0 Å². The van der Waals surface area contributed by atoms with Gasteiger partial charge in [-0.25, -0.2) is 4.79 Å². The van der Waals surface area contributed by atoms with Crippen molar-refractivity contribution in [3.05, 3.63) is 0 Å². The Balaban J connectivity index is 2.10.